The SMILES string of the molecule is Cc1nc(N2CCCC2)nc2c1CNC2. The zero-order chi connectivity index (χ0) is 10.3. The number of anilines is 1. The van der Waals surface area contributed by atoms with Crippen molar-refractivity contribution in [3.63, 3.8) is 0 Å². The zero-order valence-electron chi connectivity index (χ0n) is 9.08. The number of hydrogen-bond acceptors (Lipinski definition) is 4. The quantitative estimate of drug-likeness (QED) is 0.740. The summed E-state index contributed by atoms with van der Waals surface area (Å²) in [5.41, 5.74) is 3.65. The van der Waals surface area contributed by atoms with Gasteiger partial charge < -0.3 is 10.2 Å². The summed E-state index contributed by atoms with van der Waals surface area (Å²) in [4.78, 5) is 11.5. The minimum Gasteiger partial charge on any atom is -0.341 e. The highest BCUT2D eigenvalue weighted by Crippen LogP contribution is 2.22. The molecular formula is C11H16N4. The van der Waals surface area contributed by atoms with Gasteiger partial charge in [-0.1, -0.05) is 0 Å². The first kappa shape index (κ1) is 9.09. The van der Waals surface area contributed by atoms with Crippen molar-refractivity contribution in [3.05, 3.63) is 17.0 Å². The molecule has 0 aliphatic carbocycles. The van der Waals surface area contributed by atoms with Gasteiger partial charge in [0.1, 0.15) is 0 Å². The summed E-state index contributed by atoms with van der Waals surface area (Å²) in [6.45, 7) is 6.16. The Morgan fingerprint density at radius 3 is 2.73 bits per heavy atom. The molecule has 0 spiro atoms. The molecule has 0 bridgehead atoms. The molecule has 1 saturated heterocycles. The summed E-state index contributed by atoms with van der Waals surface area (Å²) in [6, 6.07) is 0. The summed E-state index contributed by atoms with van der Waals surface area (Å²) in [5, 5.41) is 3.33. The van der Waals surface area contributed by atoms with Crippen LogP contribution in [0.5, 0.6) is 0 Å². The second-order valence-electron chi connectivity index (χ2n) is 4.33. The Hall–Kier alpha value is -1.16. The summed E-state index contributed by atoms with van der Waals surface area (Å²) in [7, 11) is 0. The number of nitrogens with one attached hydrogen (secondary N) is 1. The maximum atomic E-state index is 4.65. The van der Waals surface area contributed by atoms with Gasteiger partial charge in [0.2, 0.25) is 5.95 Å². The van der Waals surface area contributed by atoms with Crippen molar-refractivity contribution in [2.24, 2.45) is 0 Å². The van der Waals surface area contributed by atoms with Gasteiger partial charge in [-0.2, -0.15) is 0 Å². The maximum Gasteiger partial charge on any atom is 0.225 e. The predicted octanol–water partition coefficient (Wildman–Crippen LogP) is 0.988. The van der Waals surface area contributed by atoms with Crippen LogP contribution in [0.15, 0.2) is 0 Å². The monoisotopic (exact) mass is 204 g/mol. The van der Waals surface area contributed by atoms with Crippen LogP contribution in [0.3, 0.4) is 0 Å². The molecule has 3 rings (SSSR count). The van der Waals surface area contributed by atoms with Gasteiger partial charge in [0, 0.05) is 37.4 Å². The first-order valence-corrected chi connectivity index (χ1v) is 5.66. The molecule has 0 amide bonds. The summed E-state index contributed by atoms with van der Waals surface area (Å²) >= 11 is 0. The highest BCUT2D eigenvalue weighted by atomic mass is 15.3. The third kappa shape index (κ3) is 1.49. The van der Waals surface area contributed by atoms with Gasteiger partial charge in [-0.3, -0.25) is 0 Å². The Kier molecular flexibility index (Phi) is 2.09. The third-order valence-electron chi connectivity index (χ3n) is 3.27. The first-order chi connectivity index (χ1) is 7.34. The molecule has 4 nitrogen and oxygen atoms in total. The molecule has 80 valence electrons. The number of hydrogen-bond donors (Lipinski definition) is 1. The molecule has 2 aliphatic heterocycles. The van der Waals surface area contributed by atoms with Crippen molar-refractivity contribution in [1.29, 1.82) is 0 Å². The second-order valence-corrected chi connectivity index (χ2v) is 4.33. The van der Waals surface area contributed by atoms with Crippen LogP contribution in [0.4, 0.5) is 5.95 Å². The minimum atomic E-state index is 0.902. The van der Waals surface area contributed by atoms with Crippen molar-refractivity contribution < 1.29 is 0 Å². The molecular weight excluding hydrogens is 188 g/mol. The van der Waals surface area contributed by atoms with E-state index < -0.39 is 0 Å². The van der Waals surface area contributed by atoms with Crippen molar-refractivity contribution >= 4 is 5.95 Å². The fraction of sp³-hybridized carbons (Fsp3) is 0.636. The maximum absolute atomic E-state index is 4.65. The number of aryl methyl sites for hydroxylation is 1. The lowest BCUT2D eigenvalue weighted by molar-refractivity contribution is 0.756. The van der Waals surface area contributed by atoms with Crippen LogP contribution in [0.25, 0.3) is 0 Å². The van der Waals surface area contributed by atoms with Crippen LogP contribution >= 0.6 is 0 Å². The third-order valence-corrected chi connectivity index (χ3v) is 3.27. The van der Waals surface area contributed by atoms with Gasteiger partial charge in [-0.15, -0.1) is 0 Å². The number of aromatic nitrogens is 2. The van der Waals surface area contributed by atoms with Crippen LogP contribution in [0.1, 0.15) is 29.8 Å². The van der Waals surface area contributed by atoms with Crippen LogP contribution in [-0.4, -0.2) is 23.1 Å². The molecule has 15 heavy (non-hydrogen) atoms. The van der Waals surface area contributed by atoms with E-state index in [0.717, 1.165) is 37.8 Å². The second kappa shape index (κ2) is 3.45. The Morgan fingerprint density at radius 2 is 1.93 bits per heavy atom. The van der Waals surface area contributed by atoms with Gasteiger partial charge in [-0.05, 0) is 19.8 Å². The van der Waals surface area contributed by atoms with Crippen molar-refractivity contribution in [2.45, 2.75) is 32.9 Å². The lowest BCUT2D eigenvalue weighted by Gasteiger charge is -2.16. The fourth-order valence-electron chi connectivity index (χ4n) is 2.38. The number of fused-ring (bicyclic) bond motifs is 1. The molecule has 3 heterocycles. The molecule has 4 heteroatoms. The van der Waals surface area contributed by atoms with E-state index in [0.29, 0.717) is 0 Å². The van der Waals surface area contributed by atoms with E-state index in [4.69, 9.17) is 0 Å². The number of nitrogens with zero attached hydrogens (tertiary/aromatic N) is 3. The van der Waals surface area contributed by atoms with E-state index in [1.807, 2.05) is 0 Å². The first-order valence-electron chi connectivity index (χ1n) is 5.66. The normalized spacial score (nSPS) is 19.7. The smallest absolute Gasteiger partial charge is 0.225 e. The van der Waals surface area contributed by atoms with Gasteiger partial charge in [0.05, 0.1) is 5.69 Å². The predicted molar refractivity (Wildman–Crippen MR) is 58.8 cm³/mol. The van der Waals surface area contributed by atoms with Gasteiger partial charge in [0.15, 0.2) is 0 Å². The topological polar surface area (TPSA) is 41.1 Å². The summed E-state index contributed by atoms with van der Waals surface area (Å²) in [5.74, 6) is 0.937. The average molecular weight is 204 g/mol. The van der Waals surface area contributed by atoms with Crippen LogP contribution in [0.2, 0.25) is 0 Å². The molecule has 0 radical (unpaired) electrons. The summed E-state index contributed by atoms with van der Waals surface area (Å²) in [6.07, 6.45) is 2.55. The van der Waals surface area contributed by atoms with E-state index in [-0.39, 0.29) is 0 Å². The number of rotatable bonds is 1. The Morgan fingerprint density at radius 1 is 1.13 bits per heavy atom. The van der Waals surface area contributed by atoms with Crippen LogP contribution in [0, 0.1) is 6.92 Å². The molecule has 1 fully saturated rings. The standard InChI is InChI=1S/C11H16N4/c1-8-9-6-12-7-10(9)14-11(13-8)15-4-2-3-5-15/h12H,2-7H2,1H3. The van der Waals surface area contributed by atoms with E-state index in [9.17, 15) is 0 Å². The highest BCUT2D eigenvalue weighted by molar-refractivity contribution is 5.39. The Balaban J connectivity index is 1.99. The van der Waals surface area contributed by atoms with E-state index >= 15 is 0 Å². The lowest BCUT2D eigenvalue weighted by atomic mass is 10.2. The average Bonchev–Trinajstić information content (AvgIpc) is 2.88. The van der Waals surface area contributed by atoms with Crippen molar-refractivity contribution in [2.75, 3.05) is 18.0 Å². The van der Waals surface area contributed by atoms with Gasteiger partial charge in [0.25, 0.3) is 0 Å². The largest absolute Gasteiger partial charge is 0.341 e. The highest BCUT2D eigenvalue weighted by Gasteiger charge is 2.20. The van der Waals surface area contributed by atoms with Gasteiger partial charge in [-0.25, -0.2) is 9.97 Å². The Labute approximate surface area is 89.7 Å². The van der Waals surface area contributed by atoms with Crippen molar-refractivity contribution in [3.8, 4) is 0 Å². The molecule has 2 aliphatic rings. The zero-order valence-corrected chi connectivity index (χ0v) is 9.08. The van der Waals surface area contributed by atoms with E-state index in [2.05, 4.69) is 27.1 Å². The van der Waals surface area contributed by atoms with Crippen LogP contribution in [-0.2, 0) is 13.1 Å². The summed E-state index contributed by atoms with van der Waals surface area (Å²) < 4.78 is 0. The molecule has 0 unspecified atom stereocenters. The minimum absolute atomic E-state index is 0.902. The molecule has 0 aromatic carbocycles. The molecule has 0 saturated carbocycles. The molecule has 1 aromatic heterocycles. The van der Waals surface area contributed by atoms with E-state index in [1.165, 1.54) is 24.1 Å². The van der Waals surface area contributed by atoms with Crippen molar-refractivity contribution in [1.82, 2.24) is 15.3 Å². The Bertz CT molecular complexity index is 382. The molecule has 0 atom stereocenters. The fourth-order valence-corrected chi connectivity index (χ4v) is 2.38. The molecule has 1 aromatic rings. The lowest BCUT2D eigenvalue weighted by Crippen LogP contribution is -2.21. The van der Waals surface area contributed by atoms with Crippen LogP contribution < -0.4 is 10.2 Å². The van der Waals surface area contributed by atoms with Gasteiger partial charge >= 0.3 is 0 Å². The molecule has 1 N–H and O–H groups in total. The van der Waals surface area contributed by atoms with E-state index in [1.54, 1.807) is 0 Å².